The molecule has 4 heteroatoms. The summed E-state index contributed by atoms with van der Waals surface area (Å²) in [6, 6.07) is 3.62. The predicted molar refractivity (Wildman–Crippen MR) is 74.1 cm³/mol. The van der Waals surface area contributed by atoms with E-state index in [9.17, 15) is 14.7 Å². The van der Waals surface area contributed by atoms with Crippen molar-refractivity contribution in [2.75, 3.05) is 0 Å². The van der Waals surface area contributed by atoms with Gasteiger partial charge in [-0.25, -0.2) is 4.79 Å². The van der Waals surface area contributed by atoms with Gasteiger partial charge in [-0.05, 0) is 38.0 Å². The fourth-order valence-corrected chi connectivity index (χ4v) is 2.61. The molecule has 0 radical (unpaired) electrons. The largest absolute Gasteiger partial charge is 0.478 e. The third-order valence-corrected chi connectivity index (χ3v) is 3.60. The Morgan fingerprint density at radius 3 is 2.53 bits per heavy atom. The molecule has 0 fully saturated rings. The van der Waals surface area contributed by atoms with E-state index in [4.69, 9.17) is 0 Å². The molecule has 0 saturated heterocycles. The van der Waals surface area contributed by atoms with Crippen LogP contribution in [0.1, 0.15) is 45.8 Å². The lowest BCUT2D eigenvalue weighted by Gasteiger charge is -2.08. The summed E-state index contributed by atoms with van der Waals surface area (Å²) in [7, 11) is 0. The van der Waals surface area contributed by atoms with E-state index in [1.165, 1.54) is 0 Å². The number of hydrogen-bond acceptors (Lipinski definition) is 2. The van der Waals surface area contributed by atoms with E-state index in [1.807, 2.05) is 31.4 Å². The van der Waals surface area contributed by atoms with E-state index in [0.29, 0.717) is 17.6 Å². The van der Waals surface area contributed by atoms with Crippen molar-refractivity contribution in [2.45, 2.75) is 33.7 Å². The summed E-state index contributed by atoms with van der Waals surface area (Å²) in [6.45, 7) is 6.41. The molecule has 0 spiro atoms. The van der Waals surface area contributed by atoms with Gasteiger partial charge in [0, 0.05) is 23.2 Å². The van der Waals surface area contributed by atoms with Crippen molar-refractivity contribution in [1.29, 1.82) is 0 Å². The van der Waals surface area contributed by atoms with Crippen molar-refractivity contribution in [3.05, 3.63) is 34.5 Å². The number of aldehydes is 1. The standard InChI is InChI=1S/C15H17NO3/c1-4-10-6-11-13(8-17)9(3)16(5-2)14(11)12(7-10)15(18)19/h6-8H,4-5H2,1-3H3,(H,18,19). The van der Waals surface area contributed by atoms with Gasteiger partial charge >= 0.3 is 5.97 Å². The minimum atomic E-state index is -0.954. The first kappa shape index (κ1) is 13.3. The summed E-state index contributed by atoms with van der Waals surface area (Å²) in [5, 5.41) is 10.1. The van der Waals surface area contributed by atoms with E-state index in [0.717, 1.165) is 29.4 Å². The molecule has 1 heterocycles. The number of benzene rings is 1. The van der Waals surface area contributed by atoms with Crippen molar-refractivity contribution in [2.24, 2.45) is 0 Å². The maximum Gasteiger partial charge on any atom is 0.337 e. The second kappa shape index (κ2) is 4.88. The average molecular weight is 259 g/mol. The Hall–Kier alpha value is -2.10. The zero-order valence-corrected chi connectivity index (χ0v) is 11.4. The summed E-state index contributed by atoms with van der Waals surface area (Å²) >= 11 is 0. The van der Waals surface area contributed by atoms with Gasteiger partial charge in [-0.3, -0.25) is 4.79 Å². The molecule has 1 N–H and O–H groups in total. The molecule has 4 nitrogen and oxygen atoms in total. The number of aromatic nitrogens is 1. The van der Waals surface area contributed by atoms with Crippen LogP contribution >= 0.6 is 0 Å². The number of carbonyl (C=O) groups is 2. The minimum Gasteiger partial charge on any atom is -0.478 e. The lowest BCUT2D eigenvalue weighted by atomic mass is 10.0. The highest BCUT2D eigenvalue weighted by molar-refractivity contribution is 6.08. The Labute approximate surface area is 111 Å². The van der Waals surface area contributed by atoms with Crippen molar-refractivity contribution in [3.63, 3.8) is 0 Å². The highest BCUT2D eigenvalue weighted by Crippen LogP contribution is 2.29. The van der Waals surface area contributed by atoms with Crippen LogP contribution in [0.25, 0.3) is 10.9 Å². The molecule has 0 aliphatic rings. The Kier molecular flexibility index (Phi) is 3.42. The number of nitrogens with zero attached hydrogens (tertiary/aromatic N) is 1. The van der Waals surface area contributed by atoms with Gasteiger partial charge in [0.1, 0.15) is 0 Å². The molecular weight excluding hydrogens is 242 g/mol. The van der Waals surface area contributed by atoms with Crippen LogP contribution in [0.3, 0.4) is 0 Å². The minimum absolute atomic E-state index is 0.271. The summed E-state index contributed by atoms with van der Waals surface area (Å²) in [5.41, 5.74) is 3.26. The first-order valence-corrected chi connectivity index (χ1v) is 6.39. The van der Waals surface area contributed by atoms with Gasteiger partial charge in [-0.1, -0.05) is 6.92 Å². The quantitative estimate of drug-likeness (QED) is 0.858. The van der Waals surface area contributed by atoms with Crippen LogP contribution in [0.2, 0.25) is 0 Å². The molecule has 0 unspecified atom stereocenters. The summed E-state index contributed by atoms with van der Waals surface area (Å²) < 4.78 is 1.89. The lowest BCUT2D eigenvalue weighted by Crippen LogP contribution is -2.04. The van der Waals surface area contributed by atoms with Crippen molar-refractivity contribution in [3.8, 4) is 0 Å². The third kappa shape index (κ3) is 1.93. The van der Waals surface area contributed by atoms with Crippen LogP contribution in [-0.2, 0) is 13.0 Å². The fourth-order valence-electron chi connectivity index (χ4n) is 2.61. The van der Waals surface area contributed by atoms with Crippen LogP contribution in [0.5, 0.6) is 0 Å². The Morgan fingerprint density at radius 2 is 2.05 bits per heavy atom. The second-order valence-electron chi connectivity index (χ2n) is 4.56. The number of fused-ring (bicyclic) bond motifs is 1. The SMILES string of the molecule is CCc1cc(C(=O)O)c2c(c1)c(C=O)c(C)n2CC. The first-order valence-electron chi connectivity index (χ1n) is 6.39. The Bertz CT molecular complexity index is 668. The fraction of sp³-hybridized carbons (Fsp3) is 0.333. The van der Waals surface area contributed by atoms with Crippen LogP contribution in [0.4, 0.5) is 0 Å². The number of carboxylic acid groups (broad SMARTS) is 1. The van der Waals surface area contributed by atoms with Gasteiger partial charge in [-0.2, -0.15) is 0 Å². The van der Waals surface area contributed by atoms with Gasteiger partial charge in [0.25, 0.3) is 0 Å². The molecule has 0 bridgehead atoms. The van der Waals surface area contributed by atoms with Crippen LogP contribution in [0.15, 0.2) is 12.1 Å². The lowest BCUT2D eigenvalue weighted by molar-refractivity contribution is 0.0698. The first-order chi connectivity index (χ1) is 9.04. The Balaban J connectivity index is 3.00. The molecule has 0 amide bonds. The number of aromatic carboxylic acids is 1. The van der Waals surface area contributed by atoms with E-state index in [2.05, 4.69) is 0 Å². The van der Waals surface area contributed by atoms with Crippen LogP contribution in [-0.4, -0.2) is 21.9 Å². The van der Waals surface area contributed by atoms with Crippen LogP contribution < -0.4 is 0 Å². The zero-order valence-electron chi connectivity index (χ0n) is 11.4. The molecule has 19 heavy (non-hydrogen) atoms. The number of rotatable bonds is 4. The summed E-state index contributed by atoms with van der Waals surface area (Å²) in [5.74, 6) is -0.954. The monoisotopic (exact) mass is 259 g/mol. The van der Waals surface area contributed by atoms with Gasteiger partial charge in [0.15, 0.2) is 6.29 Å². The molecule has 0 aliphatic carbocycles. The van der Waals surface area contributed by atoms with Crippen LogP contribution in [0, 0.1) is 6.92 Å². The van der Waals surface area contributed by atoms with Gasteiger partial charge in [0.2, 0.25) is 0 Å². The third-order valence-electron chi connectivity index (χ3n) is 3.60. The van der Waals surface area contributed by atoms with Gasteiger partial charge < -0.3 is 9.67 Å². The number of aryl methyl sites for hydroxylation is 2. The molecule has 0 atom stereocenters. The molecule has 0 aliphatic heterocycles. The highest BCUT2D eigenvalue weighted by atomic mass is 16.4. The van der Waals surface area contributed by atoms with E-state index in [1.54, 1.807) is 6.07 Å². The van der Waals surface area contributed by atoms with Gasteiger partial charge in [-0.15, -0.1) is 0 Å². The number of carboxylic acids is 1. The molecular formula is C15H17NO3. The van der Waals surface area contributed by atoms with Gasteiger partial charge in [0.05, 0.1) is 11.1 Å². The number of carbonyl (C=O) groups excluding carboxylic acids is 1. The topological polar surface area (TPSA) is 59.3 Å². The molecule has 1 aromatic carbocycles. The maximum absolute atomic E-state index is 11.5. The van der Waals surface area contributed by atoms with E-state index < -0.39 is 5.97 Å². The van der Waals surface area contributed by atoms with Crippen molar-refractivity contribution >= 4 is 23.2 Å². The van der Waals surface area contributed by atoms with E-state index >= 15 is 0 Å². The van der Waals surface area contributed by atoms with Crippen molar-refractivity contribution in [1.82, 2.24) is 4.57 Å². The summed E-state index contributed by atoms with van der Waals surface area (Å²) in [6.07, 6.45) is 1.56. The normalized spacial score (nSPS) is 10.9. The number of hydrogen-bond donors (Lipinski definition) is 1. The molecule has 2 rings (SSSR count). The maximum atomic E-state index is 11.5. The van der Waals surface area contributed by atoms with E-state index in [-0.39, 0.29) is 5.56 Å². The zero-order chi connectivity index (χ0) is 14.2. The highest BCUT2D eigenvalue weighted by Gasteiger charge is 2.19. The molecule has 2 aromatic rings. The molecule has 1 aromatic heterocycles. The summed E-state index contributed by atoms with van der Waals surface area (Å²) in [4.78, 5) is 22.7. The molecule has 0 saturated carbocycles. The second-order valence-corrected chi connectivity index (χ2v) is 4.56. The average Bonchev–Trinajstić information content (AvgIpc) is 2.67. The molecule has 100 valence electrons. The Morgan fingerprint density at radius 1 is 1.37 bits per heavy atom. The predicted octanol–water partition coefficient (Wildman–Crippen LogP) is 3.04. The van der Waals surface area contributed by atoms with Crippen molar-refractivity contribution < 1.29 is 14.7 Å². The smallest absolute Gasteiger partial charge is 0.337 e.